The number of nitrogens with zero attached hydrogens (tertiary/aromatic N) is 5. The third-order valence-corrected chi connectivity index (χ3v) is 9.67. The zero-order valence-corrected chi connectivity index (χ0v) is 29.0. The summed E-state index contributed by atoms with van der Waals surface area (Å²) in [6.45, 7) is 3.36. The Kier molecular flexibility index (Phi) is 10.1. The van der Waals surface area contributed by atoms with E-state index < -0.39 is 23.7 Å². The molecule has 3 N–H and O–H groups in total. The third kappa shape index (κ3) is 8.18. The molecule has 0 saturated heterocycles. The molecule has 3 aromatic heterocycles. The average Bonchev–Trinajstić information content (AvgIpc) is 3.74. The fourth-order valence-electron chi connectivity index (χ4n) is 6.36. The van der Waals surface area contributed by atoms with Crippen molar-refractivity contribution in [3.63, 3.8) is 0 Å². The molecule has 1 aliphatic heterocycles. The molecule has 14 heteroatoms. The van der Waals surface area contributed by atoms with Gasteiger partial charge in [-0.25, -0.2) is 19.3 Å². The Bertz CT molecular complexity index is 1920. The summed E-state index contributed by atoms with van der Waals surface area (Å²) in [7, 11) is 0. The maximum atomic E-state index is 14.6. The van der Waals surface area contributed by atoms with Crippen LogP contribution in [0, 0.1) is 18.2 Å². The first-order valence-electron chi connectivity index (χ1n) is 16.5. The summed E-state index contributed by atoms with van der Waals surface area (Å²) in [5, 5.41) is 13.6. The number of aryl methyl sites for hydroxylation is 2. The van der Waals surface area contributed by atoms with E-state index in [0.29, 0.717) is 40.7 Å². The summed E-state index contributed by atoms with van der Waals surface area (Å²) in [5.74, 6) is -1.79. The van der Waals surface area contributed by atoms with Gasteiger partial charge in [0.2, 0.25) is 17.7 Å². The molecule has 1 aliphatic carbocycles. The highest BCUT2D eigenvalue weighted by atomic mass is 79.9. The number of aromatic nitrogens is 5. The average molecular weight is 734 g/mol. The molecule has 4 heterocycles. The predicted molar refractivity (Wildman–Crippen MR) is 184 cm³/mol. The first-order chi connectivity index (χ1) is 23.5. The van der Waals surface area contributed by atoms with Crippen LogP contribution in [0.2, 0.25) is 0 Å². The Balaban J connectivity index is 1.37. The SMILES string of the molecule is CC(=O)c1nn2c3c(cc(-c4cnc(C)nc4)cc13)CCCCCCC(=O)NCC1(CC1)C[C@@H](C(=O)Nc1nc(Br)ccc1F)NC(=O)C2. The number of pyridine rings is 1. The van der Waals surface area contributed by atoms with Crippen LogP contribution in [0.25, 0.3) is 22.0 Å². The lowest BCUT2D eigenvalue weighted by Gasteiger charge is -2.24. The van der Waals surface area contributed by atoms with Gasteiger partial charge in [-0.1, -0.05) is 12.8 Å². The summed E-state index contributed by atoms with van der Waals surface area (Å²) in [6.07, 6.45) is 9.61. The van der Waals surface area contributed by atoms with Crippen molar-refractivity contribution in [2.45, 2.75) is 84.2 Å². The van der Waals surface area contributed by atoms with Crippen molar-refractivity contribution in [3.8, 4) is 11.1 Å². The lowest BCUT2D eigenvalue weighted by molar-refractivity contribution is -0.127. The number of amides is 3. The molecule has 256 valence electrons. The largest absolute Gasteiger partial charge is 0.356 e. The van der Waals surface area contributed by atoms with Crippen molar-refractivity contribution < 1.29 is 23.6 Å². The molecule has 1 saturated carbocycles. The number of rotatable bonds is 4. The van der Waals surface area contributed by atoms with E-state index >= 15 is 0 Å². The summed E-state index contributed by atoms with van der Waals surface area (Å²) in [4.78, 5) is 65.8. The number of carbonyl (C=O) groups excluding carboxylic acids is 4. The maximum absolute atomic E-state index is 14.6. The lowest BCUT2D eigenvalue weighted by Crippen LogP contribution is -2.47. The molecule has 2 aliphatic rings. The fraction of sp³-hybridized carbons (Fsp3) is 0.429. The standard InChI is InChI=1S/C35H38BrFN8O4/c1-20(46)31-25-14-23(24-16-38-21(2)39-17-24)13-22-7-5-3-4-6-8-29(47)40-19-35(11-12-35)15-27(41-30(48)18-45(44-31)32(22)25)34(49)43-33-26(37)9-10-28(36)42-33/h9-10,13-14,16-17,27H,3-8,11-12,15,18-19H2,1-2H3,(H,40,47)(H,41,48)(H,42,43,49)/t27-/m0/s1. The van der Waals surface area contributed by atoms with Crippen LogP contribution in [0.3, 0.4) is 0 Å². The molecule has 1 spiro atoms. The van der Waals surface area contributed by atoms with Gasteiger partial charge in [0, 0.05) is 43.2 Å². The Morgan fingerprint density at radius 3 is 2.47 bits per heavy atom. The number of nitrogens with one attached hydrogen (secondary N) is 3. The fourth-order valence-corrected chi connectivity index (χ4v) is 6.67. The molecule has 0 bridgehead atoms. The molecular weight excluding hydrogens is 695 g/mol. The quantitative estimate of drug-likeness (QED) is 0.190. The number of ketones is 1. The molecule has 49 heavy (non-hydrogen) atoms. The zero-order chi connectivity index (χ0) is 34.7. The van der Waals surface area contributed by atoms with E-state index in [1.807, 2.05) is 19.1 Å². The van der Waals surface area contributed by atoms with E-state index in [9.17, 15) is 23.6 Å². The number of anilines is 1. The van der Waals surface area contributed by atoms with Gasteiger partial charge in [-0.05, 0) is 102 Å². The summed E-state index contributed by atoms with van der Waals surface area (Å²) in [5.41, 5.74) is 3.03. The number of benzene rings is 1. The maximum Gasteiger partial charge on any atom is 0.248 e. The summed E-state index contributed by atoms with van der Waals surface area (Å²) >= 11 is 3.20. The van der Waals surface area contributed by atoms with Gasteiger partial charge in [0.1, 0.15) is 28.7 Å². The molecule has 0 unspecified atom stereocenters. The Hall–Kier alpha value is -4.59. The van der Waals surface area contributed by atoms with Crippen LogP contribution in [-0.4, -0.2) is 60.8 Å². The lowest BCUT2D eigenvalue weighted by atomic mass is 9.95. The van der Waals surface area contributed by atoms with Crippen molar-refractivity contribution in [1.29, 1.82) is 0 Å². The topological polar surface area (TPSA) is 161 Å². The number of Topliss-reactive ketones (excluding diaryl/α,β-unsaturated/α-hetero) is 1. The van der Waals surface area contributed by atoms with Crippen molar-refractivity contribution >= 4 is 56.2 Å². The van der Waals surface area contributed by atoms with E-state index in [1.165, 1.54) is 23.7 Å². The Morgan fingerprint density at radius 1 is 1.02 bits per heavy atom. The van der Waals surface area contributed by atoms with Crippen LogP contribution in [0.4, 0.5) is 10.2 Å². The Labute approximate surface area is 291 Å². The molecule has 3 amide bonds. The highest BCUT2D eigenvalue weighted by Gasteiger charge is 2.46. The summed E-state index contributed by atoms with van der Waals surface area (Å²) in [6, 6.07) is 5.43. The van der Waals surface area contributed by atoms with Crippen LogP contribution in [0.5, 0.6) is 0 Å². The number of carbonyl (C=O) groups is 4. The third-order valence-electron chi connectivity index (χ3n) is 9.22. The first-order valence-corrected chi connectivity index (χ1v) is 17.3. The minimum Gasteiger partial charge on any atom is -0.356 e. The van der Waals surface area contributed by atoms with Gasteiger partial charge in [-0.3, -0.25) is 23.9 Å². The Morgan fingerprint density at radius 2 is 1.76 bits per heavy atom. The van der Waals surface area contributed by atoms with Crippen molar-refractivity contribution in [1.82, 2.24) is 35.4 Å². The van der Waals surface area contributed by atoms with E-state index in [1.54, 1.807) is 12.4 Å². The second-order valence-corrected chi connectivity index (χ2v) is 13.9. The molecule has 1 atom stereocenters. The highest BCUT2D eigenvalue weighted by molar-refractivity contribution is 9.10. The van der Waals surface area contributed by atoms with Gasteiger partial charge in [-0.15, -0.1) is 0 Å². The monoisotopic (exact) mass is 732 g/mol. The van der Waals surface area contributed by atoms with Crippen molar-refractivity contribution in [2.75, 3.05) is 11.9 Å². The van der Waals surface area contributed by atoms with Gasteiger partial charge in [0.25, 0.3) is 0 Å². The van der Waals surface area contributed by atoms with Gasteiger partial charge in [-0.2, -0.15) is 5.10 Å². The van der Waals surface area contributed by atoms with E-state index in [2.05, 4.69) is 51.9 Å². The van der Waals surface area contributed by atoms with E-state index in [4.69, 9.17) is 0 Å². The van der Waals surface area contributed by atoms with Crippen LogP contribution in [0.15, 0.2) is 41.3 Å². The van der Waals surface area contributed by atoms with Crippen LogP contribution in [0.1, 0.15) is 80.2 Å². The molecule has 4 aromatic rings. The number of halogens is 2. The number of hydrogen-bond donors (Lipinski definition) is 3. The molecule has 12 nitrogen and oxygen atoms in total. The van der Waals surface area contributed by atoms with Gasteiger partial charge in [0.15, 0.2) is 17.4 Å². The van der Waals surface area contributed by atoms with Gasteiger partial charge >= 0.3 is 0 Å². The normalized spacial score (nSPS) is 18.7. The first kappa shape index (κ1) is 34.3. The smallest absolute Gasteiger partial charge is 0.248 e. The minimum atomic E-state index is -1.06. The van der Waals surface area contributed by atoms with Crippen LogP contribution in [-0.2, 0) is 27.3 Å². The molecule has 0 radical (unpaired) electrons. The van der Waals surface area contributed by atoms with E-state index in [0.717, 1.165) is 55.2 Å². The molecule has 6 rings (SSSR count). The van der Waals surface area contributed by atoms with Crippen molar-refractivity contribution in [2.24, 2.45) is 5.41 Å². The van der Waals surface area contributed by atoms with Gasteiger partial charge < -0.3 is 16.0 Å². The molecule has 1 aromatic carbocycles. The molecule has 1 fully saturated rings. The van der Waals surface area contributed by atoms with Crippen LogP contribution < -0.4 is 16.0 Å². The second kappa shape index (κ2) is 14.5. The predicted octanol–water partition coefficient (Wildman–Crippen LogP) is 5.22. The summed E-state index contributed by atoms with van der Waals surface area (Å²) < 4.78 is 16.4. The molecular formula is C35H38BrFN8O4. The van der Waals surface area contributed by atoms with Gasteiger partial charge in [0.05, 0.1) is 5.52 Å². The van der Waals surface area contributed by atoms with Crippen LogP contribution >= 0.6 is 15.9 Å². The second-order valence-electron chi connectivity index (χ2n) is 13.1. The highest BCUT2D eigenvalue weighted by Crippen LogP contribution is 2.49. The van der Waals surface area contributed by atoms with E-state index in [-0.39, 0.29) is 41.6 Å². The zero-order valence-electron chi connectivity index (χ0n) is 27.4. The number of hydrogen-bond acceptors (Lipinski definition) is 8. The minimum absolute atomic E-state index is 0.0479. The van der Waals surface area contributed by atoms with Crippen molar-refractivity contribution in [3.05, 3.63) is 64.2 Å².